The number of carbonyl (C=O) groups is 1. The fraction of sp³-hybridized carbons (Fsp3) is 0.154. The monoisotopic (exact) mass is 293 g/mol. The van der Waals surface area contributed by atoms with Gasteiger partial charge in [0.25, 0.3) is 5.56 Å². The maximum absolute atomic E-state index is 12.3. The maximum Gasteiger partial charge on any atom is 0.334 e. The molecular formula is C13H12ClN3O3. The standard InChI is InChI=1S/C13H12ClN3O3/c1-16(2)11-8(7-18)12(19)17(13(20)15-11)10-6-4-3-5-9(10)14/h3-7H,1-2H3,(H,15,20). The van der Waals surface area contributed by atoms with Gasteiger partial charge in [-0.05, 0) is 12.1 Å². The normalized spacial score (nSPS) is 10.3. The van der Waals surface area contributed by atoms with E-state index in [1.165, 1.54) is 11.0 Å². The Kier molecular flexibility index (Phi) is 3.76. The molecule has 1 N–H and O–H groups in total. The number of aromatic amines is 1. The lowest BCUT2D eigenvalue weighted by molar-refractivity contribution is 0.112. The minimum Gasteiger partial charge on any atom is -0.363 e. The molecule has 0 saturated heterocycles. The molecular weight excluding hydrogens is 282 g/mol. The molecule has 1 aromatic carbocycles. The molecule has 0 unspecified atom stereocenters. The Labute approximate surface area is 119 Å². The summed E-state index contributed by atoms with van der Waals surface area (Å²) in [5.74, 6) is 0.165. The number of nitrogens with one attached hydrogen (secondary N) is 1. The number of rotatable bonds is 3. The van der Waals surface area contributed by atoms with Crippen molar-refractivity contribution in [1.82, 2.24) is 9.55 Å². The molecule has 0 spiro atoms. The number of aromatic nitrogens is 2. The van der Waals surface area contributed by atoms with Crippen LogP contribution in [0.25, 0.3) is 5.69 Å². The molecule has 0 atom stereocenters. The van der Waals surface area contributed by atoms with Gasteiger partial charge in [0.1, 0.15) is 11.4 Å². The molecule has 0 aliphatic carbocycles. The van der Waals surface area contributed by atoms with Crippen LogP contribution in [0, 0.1) is 0 Å². The highest BCUT2D eigenvalue weighted by molar-refractivity contribution is 6.32. The van der Waals surface area contributed by atoms with Crippen molar-refractivity contribution in [2.24, 2.45) is 0 Å². The van der Waals surface area contributed by atoms with Crippen molar-refractivity contribution in [3.63, 3.8) is 0 Å². The molecule has 2 aromatic rings. The molecule has 104 valence electrons. The fourth-order valence-electron chi connectivity index (χ4n) is 1.85. The largest absolute Gasteiger partial charge is 0.363 e. The van der Waals surface area contributed by atoms with Gasteiger partial charge in [0.2, 0.25) is 0 Å². The first-order valence-electron chi connectivity index (χ1n) is 5.74. The lowest BCUT2D eigenvalue weighted by Gasteiger charge is -2.15. The van der Waals surface area contributed by atoms with Gasteiger partial charge in [0, 0.05) is 14.1 Å². The SMILES string of the molecule is CN(C)c1[nH]c(=O)n(-c2ccccc2Cl)c(=O)c1C=O. The van der Waals surface area contributed by atoms with Gasteiger partial charge in [-0.1, -0.05) is 23.7 Å². The van der Waals surface area contributed by atoms with Crippen molar-refractivity contribution >= 4 is 23.7 Å². The summed E-state index contributed by atoms with van der Waals surface area (Å²) < 4.78 is 0.846. The van der Waals surface area contributed by atoms with Gasteiger partial charge in [-0.15, -0.1) is 0 Å². The highest BCUT2D eigenvalue weighted by Crippen LogP contribution is 2.17. The number of benzene rings is 1. The smallest absolute Gasteiger partial charge is 0.334 e. The van der Waals surface area contributed by atoms with E-state index in [1.54, 1.807) is 32.3 Å². The predicted molar refractivity (Wildman–Crippen MR) is 77.4 cm³/mol. The number of anilines is 1. The molecule has 0 radical (unpaired) electrons. The molecule has 0 aliphatic heterocycles. The zero-order valence-corrected chi connectivity index (χ0v) is 11.6. The van der Waals surface area contributed by atoms with Crippen LogP contribution in [0.4, 0.5) is 5.82 Å². The van der Waals surface area contributed by atoms with Crippen molar-refractivity contribution in [3.05, 3.63) is 55.7 Å². The van der Waals surface area contributed by atoms with Crippen LogP contribution >= 0.6 is 11.6 Å². The summed E-state index contributed by atoms with van der Waals surface area (Å²) in [6.45, 7) is 0. The van der Waals surface area contributed by atoms with E-state index in [1.807, 2.05) is 0 Å². The van der Waals surface area contributed by atoms with E-state index >= 15 is 0 Å². The quantitative estimate of drug-likeness (QED) is 0.859. The Morgan fingerprint density at radius 3 is 2.45 bits per heavy atom. The average molecular weight is 294 g/mol. The molecule has 1 heterocycles. The van der Waals surface area contributed by atoms with E-state index in [0.29, 0.717) is 6.29 Å². The summed E-state index contributed by atoms with van der Waals surface area (Å²) in [5, 5.41) is 0.245. The number of hydrogen-bond donors (Lipinski definition) is 1. The van der Waals surface area contributed by atoms with E-state index in [2.05, 4.69) is 4.98 Å². The number of carbonyl (C=O) groups excluding carboxylic acids is 1. The number of hydrogen-bond acceptors (Lipinski definition) is 4. The van der Waals surface area contributed by atoms with Gasteiger partial charge in [-0.2, -0.15) is 0 Å². The molecule has 6 nitrogen and oxygen atoms in total. The van der Waals surface area contributed by atoms with E-state index in [-0.39, 0.29) is 22.1 Å². The first-order valence-corrected chi connectivity index (χ1v) is 6.12. The average Bonchev–Trinajstić information content (AvgIpc) is 2.40. The molecule has 1 aromatic heterocycles. The lowest BCUT2D eigenvalue weighted by Crippen LogP contribution is -2.38. The second-order valence-electron chi connectivity index (χ2n) is 4.30. The van der Waals surface area contributed by atoms with Crippen LogP contribution in [0.2, 0.25) is 5.02 Å². The van der Waals surface area contributed by atoms with Crippen molar-refractivity contribution in [3.8, 4) is 5.69 Å². The van der Waals surface area contributed by atoms with Crippen LogP contribution in [0.5, 0.6) is 0 Å². The number of halogens is 1. The van der Waals surface area contributed by atoms with Gasteiger partial charge in [0.15, 0.2) is 6.29 Å². The summed E-state index contributed by atoms with van der Waals surface area (Å²) >= 11 is 5.99. The Morgan fingerprint density at radius 2 is 1.90 bits per heavy atom. The third-order valence-electron chi connectivity index (χ3n) is 2.78. The molecule has 2 rings (SSSR count). The first-order chi connectivity index (χ1) is 9.47. The molecule has 0 fully saturated rings. The fourth-order valence-corrected chi connectivity index (χ4v) is 2.07. The molecule has 0 amide bonds. The van der Waals surface area contributed by atoms with Crippen LogP contribution in [-0.4, -0.2) is 29.9 Å². The summed E-state index contributed by atoms with van der Waals surface area (Å²) in [4.78, 5) is 39.5. The minimum atomic E-state index is -0.708. The Balaban J connectivity index is 2.87. The lowest BCUT2D eigenvalue weighted by atomic mass is 10.2. The number of aldehydes is 1. The minimum absolute atomic E-state index is 0.130. The number of nitrogens with zero attached hydrogens (tertiary/aromatic N) is 2. The zero-order chi connectivity index (χ0) is 14.9. The van der Waals surface area contributed by atoms with Crippen molar-refractivity contribution in [2.75, 3.05) is 19.0 Å². The van der Waals surface area contributed by atoms with Crippen LogP contribution in [-0.2, 0) is 0 Å². The first kappa shape index (κ1) is 14.1. The second-order valence-corrected chi connectivity index (χ2v) is 4.70. The van der Waals surface area contributed by atoms with Crippen LogP contribution in [0.1, 0.15) is 10.4 Å². The van der Waals surface area contributed by atoms with E-state index in [9.17, 15) is 14.4 Å². The predicted octanol–water partition coefficient (Wildman–Crippen LogP) is 1.06. The molecule has 7 heteroatoms. The third-order valence-corrected chi connectivity index (χ3v) is 3.10. The van der Waals surface area contributed by atoms with Crippen LogP contribution < -0.4 is 16.1 Å². The molecule has 0 aliphatic rings. The highest BCUT2D eigenvalue weighted by atomic mass is 35.5. The highest BCUT2D eigenvalue weighted by Gasteiger charge is 2.17. The van der Waals surface area contributed by atoms with Gasteiger partial charge < -0.3 is 4.90 Å². The second kappa shape index (κ2) is 5.34. The Hall–Kier alpha value is -2.34. The maximum atomic E-state index is 12.3. The van der Waals surface area contributed by atoms with Crippen molar-refractivity contribution in [1.29, 1.82) is 0 Å². The Bertz CT molecular complexity index is 777. The number of para-hydroxylation sites is 1. The Morgan fingerprint density at radius 1 is 1.25 bits per heavy atom. The molecule has 20 heavy (non-hydrogen) atoms. The summed E-state index contributed by atoms with van der Waals surface area (Å²) in [5.41, 5.74) is -1.26. The van der Waals surface area contributed by atoms with Crippen molar-refractivity contribution < 1.29 is 4.79 Å². The van der Waals surface area contributed by atoms with Crippen LogP contribution in [0.3, 0.4) is 0 Å². The van der Waals surface area contributed by atoms with Gasteiger partial charge >= 0.3 is 5.69 Å². The van der Waals surface area contributed by atoms with Gasteiger partial charge in [-0.3, -0.25) is 14.6 Å². The summed E-state index contributed by atoms with van der Waals surface area (Å²) in [7, 11) is 3.25. The van der Waals surface area contributed by atoms with Gasteiger partial charge in [-0.25, -0.2) is 9.36 Å². The zero-order valence-electron chi connectivity index (χ0n) is 10.9. The van der Waals surface area contributed by atoms with E-state index in [0.717, 1.165) is 4.57 Å². The molecule has 0 saturated carbocycles. The third kappa shape index (κ3) is 2.25. The number of H-pyrrole nitrogens is 1. The summed E-state index contributed by atoms with van der Waals surface area (Å²) in [6.07, 6.45) is 0.418. The topological polar surface area (TPSA) is 75.2 Å². The summed E-state index contributed by atoms with van der Waals surface area (Å²) in [6, 6.07) is 6.42. The molecule has 0 bridgehead atoms. The van der Waals surface area contributed by atoms with E-state index in [4.69, 9.17) is 11.6 Å². The van der Waals surface area contributed by atoms with E-state index < -0.39 is 11.2 Å². The van der Waals surface area contributed by atoms with Crippen LogP contribution in [0.15, 0.2) is 33.9 Å². The van der Waals surface area contributed by atoms with Gasteiger partial charge in [0.05, 0.1) is 10.7 Å². The van der Waals surface area contributed by atoms with Crippen molar-refractivity contribution in [2.45, 2.75) is 0 Å².